The Balaban J connectivity index is 2.02. The minimum absolute atomic E-state index is 0.784. The third-order valence-electron chi connectivity index (χ3n) is 5.72. The maximum Gasteiger partial charge on any atom is 0.127 e. The summed E-state index contributed by atoms with van der Waals surface area (Å²) in [6.45, 7) is 7.95. The first-order valence-electron chi connectivity index (χ1n) is 10.6. The molecule has 1 aliphatic heterocycles. The highest BCUT2D eigenvalue weighted by Crippen LogP contribution is 2.33. The van der Waals surface area contributed by atoms with Crippen LogP contribution < -0.4 is 9.47 Å². The largest absolute Gasteiger partial charge is 0.496 e. The van der Waals surface area contributed by atoms with Gasteiger partial charge in [0.15, 0.2) is 0 Å². The smallest absolute Gasteiger partial charge is 0.127 e. The van der Waals surface area contributed by atoms with E-state index in [0.29, 0.717) is 0 Å². The van der Waals surface area contributed by atoms with Crippen LogP contribution in [0.4, 0.5) is 0 Å². The van der Waals surface area contributed by atoms with E-state index in [1.54, 1.807) is 14.2 Å². The monoisotopic (exact) mass is 361 g/mol. The molecule has 1 aromatic rings. The minimum atomic E-state index is 0.784. The van der Waals surface area contributed by atoms with Crippen molar-refractivity contribution in [2.75, 3.05) is 27.3 Å². The Hall–Kier alpha value is -1.22. The summed E-state index contributed by atoms with van der Waals surface area (Å²) >= 11 is 0. The number of benzene rings is 1. The molecule has 0 amide bonds. The van der Waals surface area contributed by atoms with Crippen LogP contribution in [0.5, 0.6) is 11.5 Å². The Morgan fingerprint density at radius 2 is 1.62 bits per heavy atom. The van der Waals surface area contributed by atoms with E-state index in [-0.39, 0.29) is 0 Å². The number of methoxy groups -OCH3 is 2. The van der Waals surface area contributed by atoms with Crippen molar-refractivity contribution in [3.8, 4) is 11.5 Å². The van der Waals surface area contributed by atoms with Gasteiger partial charge in [0.1, 0.15) is 11.5 Å². The van der Waals surface area contributed by atoms with Crippen LogP contribution in [0, 0.1) is 5.92 Å². The number of ether oxygens (including phenoxy) is 2. The number of nitrogens with zero attached hydrogens (tertiary/aromatic N) is 1. The molecule has 0 aromatic heterocycles. The van der Waals surface area contributed by atoms with E-state index in [0.717, 1.165) is 30.4 Å². The van der Waals surface area contributed by atoms with Crippen molar-refractivity contribution in [2.45, 2.75) is 78.2 Å². The summed E-state index contributed by atoms with van der Waals surface area (Å²) in [6, 6.07) is 4.47. The molecule has 0 radical (unpaired) electrons. The van der Waals surface area contributed by atoms with Crippen molar-refractivity contribution in [1.82, 2.24) is 4.90 Å². The highest BCUT2D eigenvalue weighted by molar-refractivity contribution is 5.48. The fraction of sp³-hybridized carbons (Fsp3) is 0.739. The van der Waals surface area contributed by atoms with Crippen LogP contribution in [0.3, 0.4) is 0 Å². The van der Waals surface area contributed by atoms with Gasteiger partial charge in [0.25, 0.3) is 0 Å². The van der Waals surface area contributed by atoms with E-state index in [4.69, 9.17) is 9.47 Å². The first-order chi connectivity index (χ1) is 12.7. The van der Waals surface area contributed by atoms with Crippen LogP contribution in [-0.2, 0) is 13.0 Å². The molecule has 26 heavy (non-hydrogen) atoms. The molecule has 0 bridgehead atoms. The zero-order valence-electron chi connectivity index (χ0n) is 17.5. The molecule has 1 atom stereocenters. The van der Waals surface area contributed by atoms with Crippen molar-refractivity contribution in [1.29, 1.82) is 0 Å². The Morgan fingerprint density at radius 3 is 2.19 bits per heavy atom. The number of hydrogen-bond acceptors (Lipinski definition) is 3. The average Bonchev–Trinajstić information content (AvgIpc) is 2.67. The molecule has 2 rings (SSSR count). The molecule has 1 heterocycles. The van der Waals surface area contributed by atoms with Crippen molar-refractivity contribution in [3.63, 3.8) is 0 Å². The molecular weight excluding hydrogens is 322 g/mol. The number of likely N-dealkylation sites (tertiary alicyclic amines) is 1. The third-order valence-corrected chi connectivity index (χ3v) is 5.72. The van der Waals surface area contributed by atoms with Gasteiger partial charge >= 0.3 is 0 Å². The van der Waals surface area contributed by atoms with Gasteiger partial charge in [-0.15, -0.1) is 0 Å². The predicted molar refractivity (Wildman–Crippen MR) is 110 cm³/mol. The van der Waals surface area contributed by atoms with Crippen molar-refractivity contribution in [2.24, 2.45) is 5.92 Å². The molecular formula is C23H39NO2. The lowest BCUT2D eigenvalue weighted by molar-refractivity contribution is 0.215. The van der Waals surface area contributed by atoms with Crippen molar-refractivity contribution in [3.05, 3.63) is 23.3 Å². The highest BCUT2D eigenvalue weighted by Gasteiger charge is 2.18. The van der Waals surface area contributed by atoms with Gasteiger partial charge in [0.05, 0.1) is 19.8 Å². The maximum absolute atomic E-state index is 5.75. The zero-order valence-corrected chi connectivity index (χ0v) is 17.5. The lowest BCUT2D eigenvalue weighted by Gasteiger charge is -2.28. The number of hydrogen-bond donors (Lipinski definition) is 0. The van der Waals surface area contributed by atoms with Crippen molar-refractivity contribution < 1.29 is 9.47 Å². The SMILES string of the molecule is CCCCCC(C)CCc1cc(OC)c(CN2CCCCC2)c(OC)c1. The molecule has 0 saturated carbocycles. The quantitative estimate of drug-likeness (QED) is 0.462. The van der Waals surface area contributed by atoms with E-state index in [9.17, 15) is 0 Å². The summed E-state index contributed by atoms with van der Waals surface area (Å²) < 4.78 is 11.5. The van der Waals surface area contributed by atoms with Gasteiger partial charge in [-0.1, -0.05) is 46.0 Å². The molecule has 0 spiro atoms. The number of rotatable bonds is 11. The van der Waals surface area contributed by atoms with Crippen LogP contribution in [-0.4, -0.2) is 32.2 Å². The van der Waals surface area contributed by atoms with Gasteiger partial charge in [0, 0.05) is 6.54 Å². The molecule has 1 aromatic carbocycles. The fourth-order valence-electron chi connectivity index (χ4n) is 3.98. The summed E-state index contributed by atoms with van der Waals surface area (Å²) in [6.07, 6.45) is 11.7. The fourth-order valence-corrected chi connectivity index (χ4v) is 3.98. The predicted octanol–water partition coefficient (Wildman–Crippen LogP) is 5.84. The van der Waals surface area contributed by atoms with Crippen LogP contribution in [0.25, 0.3) is 0 Å². The summed E-state index contributed by atoms with van der Waals surface area (Å²) in [4.78, 5) is 2.53. The Labute approximate surface area is 161 Å². The van der Waals surface area contributed by atoms with Gasteiger partial charge in [-0.25, -0.2) is 0 Å². The molecule has 1 aliphatic rings. The van der Waals surface area contributed by atoms with E-state index < -0.39 is 0 Å². The van der Waals surface area contributed by atoms with Crippen molar-refractivity contribution >= 4 is 0 Å². The summed E-state index contributed by atoms with van der Waals surface area (Å²) in [5, 5.41) is 0. The van der Waals surface area contributed by atoms with Crippen LogP contribution >= 0.6 is 0 Å². The lowest BCUT2D eigenvalue weighted by atomic mass is 9.95. The van der Waals surface area contributed by atoms with E-state index >= 15 is 0 Å². The Morgan fingerprint density at radius 1 is 0.962 bits per heavy atom. The van der Waals surface area contributed by atoms with Gasteiger partial charge in [0.2, 0.25) is 0 Å². The topological polar surface area (TPSA) is 21.7 Å². The molecule has 1 saturated heterocycles. The maximum atomic E-state index is 5.75. The molecule has 0 aliphatic carbocycles. The van der Waals surface area contributed by atoms with E-state index in [1.165, 1.54) is 75.6 Å². The second-order valence-electron chi connectivity index (χ2n) is 7.96. The van der Waals surface area contributed by atoms with Gasteiger partial charge in [-0.3, -0.25) is 4.90 Å². The normalized spacial score (nSPS) is 16.5. The number of piperidine rings is 1. The third kappa shape index (κ3) is 6.50. The second kappa shape index (κ2) is 11.5. The molecule has 3 nitrogen and oxygen atoms in total. The number of aryl methyl sites for hydroxylation is 1. The van der Waals surface area contributed by atoms with Crippen LogP contribution in [0.15, 0.2) is 12.1 Å². The lowest BCUT2D eigenvalue weighted by Crippen LogP contribution is -2.29. The van der Waals surface area contributed by atoms with E-state index in [1.807, 2.05) is 0 Å². The average molecular weight is 362 g/mol. The Kier molecular flexibility index (Phi) is 9.31. The van der Waals surface area contributed by atoms with Crippen LogP contribution in [0.2, 0.25) is 0 Å². The molecule has 0 N–H and O–H groups in total. The van der Waals surface area contributed by atoms with Crippen LogP contribution in [0.1, 0.15) is 76.3 Å². The molecule has 1 fully saturated rings. The first-order valence-corrected chi connectivity index (χ1v) is 10.6. The van der Waals surface area contributed by atoms with E-state index in [2.05, 4.69) is 30.9 Å². The van der Waals surface area contributed by atoms with Gasteiger partial charge in [-0.05, 0) is 62.4 Å². The Bertz CT molecular complexity index is 498. The first kappa shape index (κ1) is 21.1. The second-order valence-corrected chi connectivity index (χ2v) is 7.96. The summed E-state index contributed by atoms with van der Waals surface area (Å²) in [5.74, 6) is 2.76. The number of unbranched alkanes of at least 4 members (excludes halogenated alkanes) is 2. The minimum Gasteiger partial charge on any atom is -0.496 e. The zero-order chi connectivity index (χ0) is 18.8. The molecule has 1 unspecified atom stereocenters. The molecule has 148 valence electrons. The molecule has 3 heteroatoms. The summed E-state index contributed by atoms with van der Waals surface area (Å²) in [5.41, 5.74) is 2.54. The van der Waals surface area contributed by atoms with Gasteiger partial charge in [-0.2, -0.15) is 0 Å². The van der Waals surface area contributed by atoms with Gasteiger partial charge < -0.3 is 9.47 Å². The highest BCUT2D eigenvalue weighted by atomic mass is 16.5. The summed E-state index contributed by atoms with van der Waals surface area (Å²) in [7, 11) is 3.57. The standard InChI is InChI=1S/C23H39NO2/c1-5-6-8-11-19(2)12-13-20-16-22(25-3)21(23(17-20)26-4)18-24-14-9-7-10-15-24/h16-17,19H,5-15,18H2,1-4H3.